The van der Waals surface area contributed by atoms with Gasteiger partial charge in [0.25, 0.3) is 0 Å². The molecule has 0 radical (unpaired) electrons. The molecule has 1 aromatic carbocycles. The summed E-state index contributed by atoms with van der Waals surface area (Å²) in [5.41, 5.74) is 6.42. The van der Waals surface area contributed by atoms with Gasteiger partial charge in [-0.2, -0.15) is 0 Å². The second-order valence-corrected chi connectivity index (χ2v) is 5.23. The number of rotatable bonds is 3. The summed E-state index contributed by atoms with van der Waals surface area (Å²) in [5.74, 6) is -0.229. The SMILES string of the molecule is COc1cccc(C(N)c2ccc(Cl)s2)c1F. The first-order chi connectivity index (χ1) is 8.13. The van der Waals surface area contributed by atoms with Crippen molar-refractivity contribution in [2.24, 2.45) is 5.73 Å². The summed E-state index contributed by atoms with van der Waals surface area (Å²) in [5, 5.41) is 0. The average Bonchev–Trinajstić information content (AvgIpc) is 2.75. The van der Waals surface area contributed by atoms with Gasteiger partial charge in [-0.05, 0) is 18.2 Å². The van der Waals surface area contributed by atoms with Crippen LogP contribution in [0.3, 0.4) is 0 Å². The highest BCUT2D eigenvalue weighted by Gasteiger charge is 2.17. The number of ether oxygens (including phenoxy) is 1. The number of benzene rings is 1. The molecule has 0 saturated carbocycles. The van der Waals surface area contributed by atoms with Gasteiger partial charge in [-0.3, -0.25) is 0 Å². The molecule has 1 aromatic heterocycles. The van der Waals surface area contributed by atoms with E-state index in [9.17, 15) is 4.39 Å². The highest BCUT2D eigenvalue weighted by molar-refractivity contribution is 7.16. The first-order valence-corrected chi connectivity index (χ1v) is 6.16. The standard InChI is InChI=1S/C12H11ClFNOS/c1-16-8-4-2-3-7(11(8)14)12(15)9-5-6-10(13)17-9/h2-6,12H,15H2,1H3. The predicted octanol–water partition coefficient (Wildman–Crippen LogP) is 3.60. The molecule has 2 nitrogen and oxygen atoms in total. The Morgan fingerprint density at radius 1 is 1.35 bits per heavy atom. The van der Waals surface area contributed by atoms with E-state index in [1.165, 1.54) is 18.4 Å². The van der Waals surface area contributed by atoms with Crippen LogP contribution in [-0.4, -0.2) is 7.11 Å². The minimum absolute atomic E-state index is 0.195. The van der Waals surface area contributed by atoms with Gasteiger partial charge in [0, 0.05) is 10.4 Å². The summed E-state index contributed by atoms with van der Waals surface area (Å²) in [4.78, 5) is 0.821. The van der Waals surface area contributed by atoms with Crippen molar-refractivity contribution in [2.45, 2.75) is 6.04 Å². The molecule has 2 aromatic rings. The van der Waals surface area contributed by atoms with Crippen molar-refractivity contribution in [1.82, 2.24) is 0 Å². The highest BCUT2D eigenvalue weighted by atomic mass is 35.5. The molecule has 90 valence electrons. The molecule has 0 aliphatic rings. The summed E-state index contributed by atoms with van der Waals surface area (Å²) in [6, 6.07) is 7.95. The van der Waals surface area contributed by atoms with E-state index < -0.39 is 11.9 Å². The molecule has 0 aliphatic heterocycles. The third-order valence-corrected chi connectivity index (χ3v) is 3.76. The Morgan fingerprint density at radius 3 is 2.71 bits per heavy atom. The molecular weight excluding hydrogens is 261 g/mol. The monoisotopic (exact) mass is 271 g/mol. The Bertz CT molecular complexity index is 529. The smallest absolute Gasteiger partial charge is 0.170 e. The number of thiophene rings is 1. The van der Waals surface area contributed by atoms with Gasteiger partial charge < -0.3 is 10.5 Å². The van der Waals surface area contributed by atoms with Crippen molar-refractivity contribution in [3.8, 4) is 5.75 Å². The molecule has 2 N–H and O–H groups in total. The lowest BCUT2D eigenvalue weighted by Gasteiger charge is -2.13. The van der Waals surface area contributed by atoms with Crippen molar-refractivity contribution in [3.05, 3.63) is 50.9 Å². The Labute approximate surface area is 108 Å². The molecule has 1 atom stereocenters. The summed E-state index contributed by atoms with van der Waals surface area (Å²) in [6.45, 7) is 0. The van der Waals surface area contributed by atoms with Crippen molar-refractivity contribution in [2.75, 3.05) is 7.11 Å². The molecule has 5 heteroatoms. The van der Waals surface area contributed by atoms with Crippen LogP contribution in [0, 0.1) is 5.82 Å². The molecule has 17 heavy (non-hydrogen) atoms. The van der Waals surface area contributed by atoms with E-state index in [-0.39, 0.29) is 5.75 Å². The van der Waals surface area contributed by atoms with Crippen molar-refractivity contribution in [1.29, 1.82) is 0 Å². The van der Waals surface area contributed by atoms with E-state index in [2.05, 4.69) is 0 Å². The van der Waals surface area contributed by atoms with E-state index in [1.807, 2.05) is 0 Å². The average molecular weight is 272 g/mol. The molecule has 0 bridgehead atoms. The van der Waals surface area contributed by atoms with Crippen LogP contribution in [-0.2, 0) is 0 Å². The molecule has 0 fully saturated rings. The summed E-state index contributed by atoms with van der Waals surface area (Å²) < 4.78 is 19.5. The predicted molar refractivity (Wildman–Crippen MR) is 68.3 cm³/mol. The van der Waals surface area contributed by atoms with Gasteiger partial charge in [0.2, 0.25) is 0 Å². The number of halogens is 2. The van der Waals surface area contributed by atoms with Gasteiger partial charge in [0.1, 0.15) is 0 Å². The third kappa shape index (κ3) is 2.44. The fourth-order valence-corrected chi connectivity index (χ4v) is 2.66. The maximum atomic E-state index is 14.0. The molecular formula is C12H11ClFNOS. The quantitative estimate of drug-likeness (QED) is 0.926. The van der Waals surface area contributed by atoms with Gasteiger partial charge in [-0.15, -0.1) is 11.3 Å². The van der Waals surface area contributed by atoms with E-state index in [4.69, 9.17) is 22.1 Å². The maximum absolute atomic E-state index is 14.0. The van der Waals surface area contributed by atoms with Gasteiger partial charge in [0.05, 0.1) is 17.5 Å². The molecule has 2 rings (SSSR count). The van der Waals surface area contributed by atoms with E-state index >= 15 is 0 Å². The molecule has 0 aliphatic carbocycles. The highest BCUT2D eigenvalue weighted by Crippen LogP contribution is 2.32. The van der Waals surface area contributed by atoms with Crippen LogP contribution in [0.25, 0.3) is 0 Å². The number of nitrogens with two attached hydrogens (primary N) is 1. The van der Waals surface area contributed by atoms with Crippen LogP contribution < -0.4 is 10.5 Å². The minimum atomic E-state index is -0.525. The number of hydrogen-bond donors (Lipinski definition) is 1. The lowest BCUT2D eigenvalue weighted by atomic mass is 10.1. The van der Waals surface area contributed by atoms with Crippen molar-refractivity contribution >= 4 is 22.9 Å². The van der Waals surface area contributed by atoms with Gasteiger partial charge in [-0.1, -0.05) is 23.7 Å². The fraction of sp³-hybridized carbons (Fsp3) is 0.167. The van der Waals surface area contributed by atoms with E-state index in [1.54, 1.807) is 30.3 Å². The van der Waals surface area contributed by atoms with Crippen LogP contribution >= 0.6 is 22.9 Å². The lowest BCUT2D eigenvalue weighted by Crippen LogP contribution is -2.12. The van der Waals surface area contributed by atoms with Crippen molar-refractivity contribution < 1.29 is 9.13 Å². The molecule has 0 amide bonds. The van der Waals surface area contributed by atoms with E-state index in [0.29, 0.717) is 9.90 Å². The lowest BCUT2D eigenvalue weighted by molar-refractivity contribution is 0.383. The zero-order valence-corrected chi connectivity index (χ0v) is 10.7. The van der Waals surface area contributed by atoms with Crippen LogP contribution in [0.1, 0.15) is 16.5 Å². The first kappa shape index (κ1) is 12.4. The molecule has 0 spiro atoms. The van der Waals surface area contributed by atoms with Gasteiger partial charge >= 0.3 is 0 Å². The Hall–Kier alpha value is -1.10. The van der Waals surface area contributed by atoms with Crippen LogP contribution in [0.4, 0.5) is 4.39 Å². The van der Waals surface area contributed by atoms with Gasteiger partial charge in [-0.25, -0.2) is 4.39 Å². The Morgan fingerprint density at radius 2 is 2.12 bits per heavy atom. The van der Waals surface area contributed by atoms with Crippen LogP contribution in [0.5, 0.6) is 5.75 Å². The fourth-order valence-electron chi connectivity index (χ4n) is 1.57. The first-order valence-electron chi connectivity index (χ1n) is 4.96. The van der Waals surface area contributed by atoms with E-state index in [0.717, 1.165) is 4.88 Å². The molecule has 1 heterocycles. The normalized spacial score (nSPS) is 12.5. The number of hydrogen-bond acceptors (Lipinski definition) is 3. The second-order valence-electron chi connectivity index (χ2n) is 3.48. The summed E-state index contributed by atoms with van der Waals surface area (Å²) in [6.07, 6.45) is 0. The summed E-state index contributed by atoms with van der Waals surface area (Å²) >= 11 is 7.18. The van der Waals surface area contributed by atoms with Crippen LogP contribution in [0.2, 0.25) is 4.34 Å². The minimum Gasteiger partial charge on any atom is -0.494 e. The topological polar surface area (TPSA) is 35.2 Å². The Kier molecular flexibility index (Phi) is 3.66. The van der Waals surface area contributed by atoms with Crippen molar-refractivity contribution in [3.63, 3.8) is 0 Å². The largest absolute Gasteiger partial charge is 0.494 e. The summed E-state index contributed by atoms with van der Waals surface area (Å²) in [7, 11) is 1.43. The zero-order chi connectivity index (χ0) is 12.4. The third-order valence-electron chi connectivity index (χ3n) is 2.45. The maximum Gasteiger partial charge on any atom is 0.170 e. The number of methoxy groups -OCH3 is 1. The molecule has 0 saturated heterocycles. The second kappa shape index (κ2) is 5.04. The Balaban J connectivity index is 2.40. The van der Waals surface area contributed by atoms with Gasteiger partial charge in [0.15, 0.2) is 11.6 Å². The molecule has 1 unspecified atom stereocenters. The zero-order valence-electron chi connectivity index (χ0n) is 9.11. The van der Waals surface area contributed by atoms with Crippen LogP contribution in [0.15, 0.2) is 30.3 Å².